The number of amides is 1. The number of hydrogen-bond acceptors (Lipinski definition) is 2. The van der Waals surface area contributed by atoms with Gasteiger partial charge >= 0.3 is 0 Å². The van der Waals surface area contributed by atoms with Crippen LogP contribution < -0.4 is 10.6 Å². The number of halogens is 1. The van der Waals surface area contributed by atoms with Crippen LogP contribution in [0.4, 0.5) is 0 Å². The first-order valence-electron chi connectivity index (χ1n) is 6.90. The quantitative estimate of drug-likeness (QED) is 0.809. The third kappa shape index (κ3) is 5.74. The van der Waals surface area contributed by atoms with Crippen LogP contribution in [0.1, 0.15) is 31.7 Å². The minimum absolute atomic E-state index is 0.137. The van der Waals surface area contributed by atoms with Crippen molar-refractivity contribution in [1.82, 2.24) is 10.6 Å². The van der Waals surface area contributed by atoms with Crippen molar-refractivity contribution >= 4 is 21.8 Å². The maximum atomic E-state index is 11.7. The summed E-state index contributed by atoms with van der Waals surface area (Å²) in [6.07, 6.45) is 3.97. The fraction of sp³-hybridized carbons (Fsp3) is 0.533. The van der Waals surface area contributed by atoms with Gasteiger partial charge in [-0.25, -0.2) is 0 Å². The van der Waals surface area contributed by atoms with Gasteiger partial charge < -0.3 is 10.6 Å². The fourth-order valence-corrected chi connectivity index (χ4v) is 2.31. The summed E-state index contributed by atoms with van der Waals surface area (Å²) in [7, 11) is 0. The lowest BCUT2D eigenvalue weighted by Gasteiger charge is -2.14. The minimum atomic E-state index is 0.137. The first-order valence-corrected chi connectivity index (χ1v) is 7.70. The monoisotopic (exact) mass is 324 g/mol. The van der Waals surface area contributed by atoms with E-state index in [0.717, 1.165) is 17.4 Å². The standard InChI is InChI=1S/C15H21BrN2O/c1-11(10-12-2-4-13(16)5-3-12)18-15(19)8-9-17-14-6-7-14/h2-5,11,14,17H,6-10H2,1H3,(H,18,19). The van der Waals surface area contributed by atoms with Crippen molar-refractivity contribution in [3.8, 4) is 0 Å². The maximum absolute atomic E-state index is 11.7. The zero-order chi connectivity index (χ0) is 13.7. The van der Waals surface area contributed by atoms with Crippen LogP contribution in [0.25, 0.3) is 0 Å². The van der Waals surface area contributed by atoms with Crippen LogP contribution in [0.3, 0.4) is 0 Å². The number of nitrogens with one attached hydrogen (secondary N) is 2. The van der Waals surface area contributed by atoms with Crippen molar-refractivity contribution in [3.05, 3.63) is 34.3 Å². The smallest absolute Gasteiger partial charge is 0.221 e. The lowest BCUT2D eigenvalue weighted by Crippen LogP contribution is -2.36. The Kier molecular flexibility index (Phi) is 5.40. The molecule has 1 aromatic carbocycles. The van der Waals surface area contributed by atoms with Crippen molar-refractivity contribution < 1.29 is 4.79 Å². The number of rotatable bonds is 7. The summed E-state index contributed by atoms with van der Waals surface area (Å²) in [5.41, 5.74) is 1.24. The first-order chi connectivity index (χ1) is 9.13. The average Bonchev–Trinajstić information content (AvgIpc) is 3.16. The van der Waals surface area contributed by atoms with Gasteiger partial charge in [0.1, 0.15) is 0 Å². The first kappa shape index (κ1) is 14.5. The van der Waals surface area contributed by atoms with Crippen molar-refractivity contribution in [2.24, 2.45) is 0 Å². The summed E-state index contributed by atoms with van der Waals surface area (Å²) in [6.45, 7) is 2.84. The van der Waals surface area contributed by atoms with Crippen LogP contribution in [0.2, 0.25) is 0 Å². The van der Waals surface area contributed by atoms with E-state index < -0.39 is 0 Å². The average molecular weight is 325 g/mol. The highest BCUT2D eigenvalue weighted by molar-refractivity contribution is 9.10. The topological polar surface area (TPSA) is 41.1 Å². The second kappa shape index (κ2) is 7.06. The molecule has 1 unspecified atom stereocenters. The van der Waals surface area contributed by atoms with Gasteiger partial charge in [0.05, 0.1) is 0 Å². The number of hydrogen-bond donors (Lipinski definition) is 2. The van der Waals surface area contributed by atoms with Gasteiger partial charge in [-0.1, -0.05) is 28.1 Å². The molecular weight excluding hydrogens is 304 g/mol. The molecule has 1 fully saturated rings. The van der Waals surface area contributed by atoms with Crippen LogP contribution in [0.5, 0.6) is 0 Å². The van der Waals surface area contributed by atoms with Crippen LogP contribution in [0.15, 0.2) is 28.7 Å². The molecule has 0 bridgehead atoms. The van der Waals surface area contributed by atoms with Crippen LogP contribution >= 0.6 is 15.9 Å². The van der Waals surface area contributed by atoms with Gasteiger partial charge in [0.15, 0.2) is 0 Å². The maximum Gasteiger partial charge on any atom is 0.221 e. The van der Waals surface area contributed by atoms with Crippen LogP contribution in [-0.2, 0) is 11.2 Å². The second-order valence-corrected chi connectivity index (χ2v) is 6.19. The Morgan fingerprint density at radius 2 is 2.05 bits per heavy atom. The molecule has 1 aromatic rings. The van der Waals surface area contributed by atoms with Crippen LogP contribution in [-0.4, -0.2) is 24.5 Å². The largest absolute Gasteiger partial charge is 0.353 e. The van der Waals surface area contributed by atoms with Gasteiger partial charge in [-0.15, -0.1) is 0 Å². The molecular formula is C15H21BrN2O. The van der Waals surface area contributed by atoms with Gasteiger partial charge in [0.2, 0.25) is 5.91 Å². The van der Waals surface area contributed by atoms with E-state index in [2.05, 4.69) is 38.7 Å². The zero-order valence-corrected chi connectivity index (χ0v) is 12.9. The molecule has 4 heteroatoms. The van der Waals surface area contributed by atoms with Gasteiger partial charge in [0, 0.05) is 29.5 Å². The summed E-state index contributed by atoms with van der Waals surface area (Å²) in [4.78, 5) is 11.7. The molecule has 1 amide bonds. The van der Waals surface area contributed by atoms with Gasteiger partial charge in [-0.3, -0.25) is 4.79 Å². The van der Waals surface area contributed by atoms with E-state index in [4.69, 9.17) is 0 Å². The molecule has 2 rings (SSSR count). The molecule has 0 saturated heterocycles. The van der Waals surface area contributed by atoms with Crippen molar-refractivity contribution in [3.63, 3.8) is 0 Å². The van der Waals surface area contributed by atoms with E-state index in [9.17, 15) is 4.79 Å². The summed E-state index contributed by atoms with van der Waals surface area (Å²) in [5, 5.41) is 6.40. The molecule has 0 spiro atoms. The van der Waals surface area contributed by atoms with Crippen molar-refractivity contribution in [1.29, 1.82) is 0 Å². The van der Waals surface area contributed by atoms with Crippen LogP contribution in [0, 0.1) is 0 Å². The minimum Gasteiger partial charge on any atom is -0.353 e. The van der Waals surface area contributed by atoms with Gasteiger partial charge in [0.25, 0.3) is 0 Å². The third-order valence-corrected chi connectivity index (χ3v) is 3.75. The Morgan fingerprint density at radius 3 is 2.68 bits per heavy atom. The van der Waals surface area contributed by atoms with Gasteiger partial charge in [-0.05, 0) is 43.9 Å². The summed E-state index contributed by atoms with van der Waals surface area (Å²) in [5.74, 6) is 0.137. The Bertz CT molecular complexity index is 415. The highest BCUT2D eigenvalue weighted by atomic mass is 79.9. The summed E-state index contributed by atoms with van der Waals surface area (Å²) >= 11 is 3.42. The lowest BCUT2D eigenvalue weighted by molar-refractivity contribution is -0.121. The molecule has 1 saturated carbocycles. The third-order valence-electron chi connectivity index (χ3n) is 3.22. The van der Waals surface area contributed by atoms with E-state index in [1.165, 1.54) is 18.4 Å². The number of carbonyl (C=O) groups is 1. The van der Waals surface area contributed by atoms with Gasteiger partial charge in [-0.2, -0.15) is 0 Å². The number of benzene rings is 1. The molecule has 1 aliphatic rings. The molecule has 2 N–H and O–H groups in total. The summed E-state index contributed by atoms with van der Waals surface area (Å²) in [6, 6.07) is 9.08. The molecule has 0 aliphatic heterocycles. The predicted molar refractivity (Wildman–Crippen MR) is 81.1 cm³/mol. The molecule has 19 heavy (non-hydrogen) atoms. The molecule has 0 aromatic heterocycles. The zero-order valence-electron chi connectivity index (χ0n) is 11.3. The Hall–Kier alpha value is -0.870. The normalized spacial score (nSPS) is 16.1. The van der Waals surface area contributed by atoms with Crippen molar-refractivity contribution in [2.75, 3.05) is 6.54 Å². The van der Waals surface area contributed by atoms with Crippen molar-refractivity contribution in [2.45, 2.75) is 44.7 Å². The highest BCUT2D eigenvalue weighted by Gasteiger charge is 2.20. The molecule has 1 aliphatic carbocycles. The molecule has 0 radical (unpaired) electrons. The lowest BCUT2D eigenvalue weighted by atomic mass is 10.1. The van der Waals surface area contributed by atoms with E-state index >= 15 is 0 Å². The Balaban J connectivity index is 1.65. The Morgan fingerprint density at radius 1 is 1.37 bits per heavy atom. The second-order valence-electron chi connectivity index (χ2n) is 5.28. The summed E-state index contributed by atoms with van der Waals surface area (Å²) < 4.78 is 1.08. The van der Waals surface area contributed by atoms with E-state index in [1.54, 1.807) is 0 Å². The van der Waals surface area contributed by atoms with E-state index in [1.807, 2.05) is 19.1 Å². The Labute approximate surface area is 123 Å². The number of carbonyl (C=O) groups excluding carboxylic acids is 1. The fourth-order valence-electron chi connectivity index (χ4n) is 2.05. The molecule has 0 heterocycles. The van der Waals surface area contributed by atoms with E-state index in [0.29, 0.717) is 12.5 Å². The molecule has 3 nitrogen and oxygen atoms in total. The predicted octanol–water partition coefficient (Wildman–Crippen LogP) is 2.64. The van der Waals surface area contributed by atoms with E-state index in [-0.39, 0.29) is 11.9 Å². The SMILES string of the molecule is CC(Cc1ccc(Br)cc1)NC(=O)CCNC1CC1. The highest BCUT2D eigenvalue weighted by Crippen LogP contribution is 2.18. The molecule has 1 atom stereocenters. The molecule has 104 valence electrons.